The highest BCUT2D eigenvalue weighted by Gasteiger charge is 2.02. The zero-order chi connectivity index (χ0) is 16.8. The average molecular weight is 196 g/mol. The Morgan fingerprint density at radius 2 is 2.29 bits per heavy atom. The number of benzene rings is 1. The minimum atomic E-state index is -2.91. The first-order valence-electron chi connectivity index (χ1n) is 8.27. The van der Waals surface area contributed by atoms with E-state index < -0.39 is 26.9 Å². The third-order valence-corrected chi connectivity index (χ3v) is 2.02. The second-order valence-corrected chi connectivity index (χ2v) is 3.01. The summed E-state index contributed by atoms with van der Waals surface area (Å²) in [6.07, 6.45) is -0.690. The van der Waals surface area contributed by atoms with Crippen LogP contribution in [-0.4, -0.2) is 30.4 Å². The maximum absolute atomic E-state index is 8.16. The molecule has 1 N–H and O–H groups in total. The number of nitrogens with zero attached hydrogens (tertiary/aromatic N) is 1. The van der Waals surface area contributed by atoms with Gasteiger partial charge in [0.05, 0.1) is 0 Å². The van der Waals surface area contributed by atoms with E-state index >= 15 is 0 Å². The molecule has 14 heavy (non-hydrogen) atoms. The molecule has 1 aromatic heterocycles. The molecule has 0 amide bonds. The maximum atomic E-state index is 8.16. The van der Waals surface area contributed by atoms with Gasteiger partial charge in [0, 0.05) is 34.6 Å². The monoisotopic (exact) mass is 196 g/mol. The number of para-hydroxylation sites is 1. The van der Waals surface area contributed by atoms with Crippen molar-refractivity contribution in [2.24, 2.45) is 0 Å². The molecule has 0 aliphatic heterocycles. The fourth-order valence-electron chi connectivity index (χ4n) is 1.38. The molecule has 0 aliphatic rings. The maximum Gasteiger partial charge on any atom is 0.0456 e. The third-order valence-electron chi connectivity index (χ3n) is 2.02. The van der Waals surface area contributed by atoms with Crippen molar-refractivity contribution in [1.29, 1.82) is 0 Å². The van der Waals surface area contributed by atoms with Crippen LogP contribution in [0.25, 0.3) is 10.9 Å². The molecule has 0 aliphatic carbocycles. The SMILES string of the molecule is [2H]C([2H])(CN(C([2H])([2H])[2H])C([2H])([2H])[2H])c1c[nH]c2ccccc12. The number of H-pyrrole nitrogens is 1. The zero-order valence-electron chi connectivity index (χ0n) is 15.5. The van der Waals surface area contributed by atoms with Crippen LogP contribution in [0.3, 0.4) is 0 Å². The van der Waals surface area contributed by atoms with Gasteiger partial charge in [-0.2, -0.15) is 0 Å². The van der Waals surface area contributed by atoms with Crippen molar-refractivity contribution in [2.45, 2.75) is 6.37 Å². The number of hydrogen-bond acceptors (Lipinski definition) is 1. The Morgan fingerprint density at radius 3 is 3.14 bits per heavy atom. The first-order valence-corrected chi connectivity index (χ1v) is 4.27. The normalized spacial score (nSPS) is 22.6. The molecular formula is C12H16N2. The predicted molar refractivity (Wildman–Crippen MR) is 60.6 cm³/mol. The lowest BCUT2D eigenvalue weighted by atomic mass is 10.1. The molecule has 2 rings (SSSR count). The molecule has 2 heteroatoms. The topological polar surface area (TPSA) is 19.0 Å². The minimum Gasteiger partial charge on any atom is -0.361 e. The Labute approximate surface area is 95.8 Å². The standard InChI is InChI=1S/C12H16N2/c1-14(2)8-7-10-9-13-12-6-4-3-5-11(10)12/h3-6,9,13H,7-8H2,1-2H3/i1D3,2D3,7D2. The largest absolute Gasteiger partial charge is 0.361 e. The highest BCUT2D eigenvalue weighted by Crippen LogP contribution is 2.17. The van der Waals surface area contributed by atoms with Gasteiger partial charge in [-0.1, -0.05) is 18.2 Å². The van der Waals surface area contributed by atoms with Gasteiger partial charge in [-0.25, -0.2) is 0 Å². The smallest absolute Gasteiger partial charge is 0.0456 e. The molecule has 0 fully saturated rings. The summed E-state index contributed by atoms with van der Waals surface area (Å²) >= 11 is 0. The van der Waals surface area contributed by atoms with Crippen molar-refractivity contribution in [2.75, 3.05) is 20.5 Å². The van der Waals surface area contributed by atoms with E-state index in [1.165, 1.54) is 6.20 Å². The van der Waals surface area contributed by atoms with E-state index in [1.807, 2.05) is 0 Å². The zero-order valence-corrected chi connectivity index (χ0v) is 7.54. The first kappa shape index (κ1) is 3.70. The van der Waals surface area contributed by atoms with Crippen LogP contribution in [-0.2, 0) is 6.37 Å². The van der Waals surface area contributed by atoms with Crippen molar-refractivity contribution in [3.63, 3.8) is 0 Å². The van der Waals surface area contributed by atoms with Crippen molar-refractivity contribution in [3.8, 4) is 0 Å². The van der Waals surface area contributed by atoms with Gasteiger partial charge in [-0.3, -0.25) is 0 Å². The van der Waals surface area contributed by atoms with Gasteiger partial charge >= 0.3 is 0 Å². The van der Waals surface area contributed by atoms with Crippen molar-refractivity contribution in [1.82, 2.24) is 9.88 Å². The molecule has 0 radical (unpaired) electrons. The average Bonchev–Trinajstić information content (AvgIpc) is 2.78. The van der Waals surface area contributed by atoms with E-state index in [-0.39, 0.29) is 10.5 Å². The Kier molecular flexibility index (Phi) is 1.02. The van der Waals surface area contributed by atoms with Crippen LogP contribution < -0.4 is 0 Å². The van der Waals surface area contributed by atoms with Crippen LogP contribution in [0.4, 0.5) is 0 Å². The highest BCUT2D eigenvalue weighted by atomic mass is 15.0. The van der Waals surface area contributed by atoms with E-state index in [1.54, 1.807) is 24.3 Å². The number of hydrogen-bond donors (Lipinski definition) is 1. The van der Waals surface area contributed by atoms with Gasteiger partial charge in [0.25, 0.3) is 0 Å². The molecule has 1 heterocycles. The predicted octanol–water partition coefficient (Wildman–Crippen LogP) is 2.27. The van der Waals surface area contributed by atoms with Crippen LogP contribution >= 0.6 is 0 Å². The summed E-state index contributed by atoms with van der Waals surface area (Å²) in [4.78, 5) is 3.14. The van der Waals surface area contributed by atoms with Crippen molar-refractivity contribution in [3.05, 3.63) is 36.0 Å². The van der Waals surface area contributed by atoms with Gasteiger partial charge in [0.15, 0.2) is 0 Å². The number of rotatable bonds is 3. The molecule has 2 aromatic rings. The lowest BCUT2D eigenvalue weighted by molar-refractivity contribution is 0.414. The van der Waals surface area contributed by atoms with E-state index in [2.05, 4.69) is 4.98 Å². The summed E-state index contributed by atoms with van der Waals surface area (Å²) in [6.45, 7) is -6.59. The molecule has 74 valence electrons. The summed E-state index contributed by atoms with van der Waals surface area (Å²) in [5.41, 5.74) is 0.942. The van der Waals surface area contributed by atoms with Gasteiger partial charge in [-0.15, -0.1) is 0 Å². The lowest BCUT2D eigenvalue weighted by Gasteiger charge is -2.07. The van der Waals surface area contributed by atoms with Crippen LogP contribution in [0.1, 0.15) is 16.5 Å². The highest BCUT2D eigenvalue weighted by molar-refractivity contribution is 5.83. The number of likely N-dealkylation sites (N-methyl/N-ethyl adjacent to an activating group) is 1. The number of aromatic nitrogens is 1. The van der Waals surface area contributed by atoms with Crippen LogP contribution in [0.2, 0.25) is 0 Å². The summed E-state index contributed by atoms with van der Waals surface area (Å²) in [6, 6.07) is 6.99. The molecular weight excluding hydrogens is 172 g/mol. The minimum absolute atomic E-state index is 0.238. The van der Waals surface area contributed by atoms with Crippen molar-refractivity contribution >= 4 is 10.9 Å². The van der Waals surface area contributed by atoms with Crippen molar-refractivity contribution < 1.29 is 11.0 Å². The van der Waals surface area contributed by atoms with Gasteiger partial charge in [-0.05, 0) is 32.0 Å². The van der Waals surface area contributed by atoms with E-state index in [9.17, 15) is 0 Å². The fourth-order valence-corrected chi connectivity index (χ4v) is 1.38. The number of fused-ring (bicyclic) bond motifs is 1. The van der Waals surface area contributed by atoms with Crippen LogP contribution in [0.15, 0.2) is 30.5 Å². The van der Waals surface area contributed by atoms with E-state index in [0.29, 0.717) is 10.9 Å². The summed E-state index contributed by atoms with van der Waals surface area (Å²) in [5, 5.41) is 0.600. The van der Waals surface area contributed by atoms with E-state index in [4.69, 9.17) is 11.0 Å². The fraction of sp³-hybridized carbons (Fsp3) is 0.333. The Bertz CT molecular complexity index is 641. The first-order chi connectivity index (χ1) is 9.93. The summed E-state index contributed by atoms with van der Waals surface area (Å²) in [7, 11) is 0. The van der Waals surface area contributed by atoms with Crippen LogP contribution in [0.5, 0.6) is 0 Å². The number of nitrogens with one attached hydrogen (secondary N) is 1. The van der Waals surface area contributed by atoms with Gasteiger partial charge in [0.1, 0.15) is 0 Å². The number of aromatic amines is 1. The molecule has 0 unspecified atom stereocenters. The van der Waals surface area contributed by atoms with Gasteiger partial charge in [0.2, 0.25) is 0 Å². The quantitative estimate of drug-likeness (QED) is 0.798. The lowest BCUT2D eigenvalue weighted by Crippen LogP contribution is -2.14. The molecule has 0 atom stereocenters. The molecule has 2 nitrogen and oxygen atoms in total. The molecule has 0 bridgehead atoms. The molecule has 0 saturated carbocycles. The summed E-state index contributed by atoms with van der Waals surface area (Å²) in [5.74, 6) is 0. The molecule has 0 spiro atoms. The Hall–Kier alpha value is -1.28. The second kappa shape index (κ2) is 3.84. The Balaban J connectivity index is 2.41. The van der Waals surface area contributed by atoms with Crippen LogP contribution in [0, 0.1) is 0 Å². The van der Waals surface area contributed by atoms with Gasteiger partial charge < -0.3 is 9.88 Å². The summed E-state index contributed by atoms with van der Waals surface area (Å²) < 4.78 is 60.4. The Morgan fingerprint density at radius 1 is 1.43 bits per heavy atom. The molecule has 0 saturated heterocycles. The molecule has 1 aromatic carbocycles. The third kappa shape index (κ3) is 1.80. The second-order valence-electron chi connectivity index (χ2n) is 3.01. The van der Waals surface area contributed by atoms with E-state index in [0.717, 1.165) is 0 Å².